The lowest BCUT2D eigenvalue weighted by Crippen LogP contribution is -2.13. The Morgan fingerprint density at radius 1 is 1.35 bits per heavy atom. The van der Waals surface area contributed by atoms with E-state index in [1.54, 1.807) is 18.2 Å². The second-order valence-corrected chi connectivity index (χ2v) is 3.35. The van der Waals surface area contributed by atoms with E-state index in [2.05, 4.69) is 5.10 Å². The zero-order chi connectivity index (χ0) is 12.4. The second kappa shape index (κ2) is 4.22. The number of hydrogen-bond donors (Lipinski definition) is 1. The third kappa shape index (κ3) is 2.08. The zero-order valence-electron chi connectivity index (χ0n) is 8.52. The van der Waals surface area contributed by atoms with E-state index in [4.69, 9.17) is 5.26 Å². The molecule has 1 aromatic heterocycles. The van der Waals surface area contributed by atoms with E-state index < -0.39 is 17.7 Å². The summed E-state index contributed by atoms with van der Waals surface area (Å²) in [5.74, 6) is 0. The number of nitriles is 1. The predicted molar refractivity (Wildman–Crippen MR) is 56.1 cm³/mol. The highest BCUT2D eigenvalue weighted by atomic mass is 19.3. The van der Waals surface area contributed by atoms with Crippen LogP contribution in [0.5, 0.6) is 0 Å². The lowest BCUT2D eigenvalue weighted by atomic mass is 10.2. The van der Waals surface area contributed by atoms with Crippen LogP contribution in [0.25, 0.3) is 5.69 Å². The van der Waals surface area contributed by atoms with Gasteiger partial charge in [-0.05, 0) is 18.2 Å². The first kappa shape index (κ1) is 11.1. The monoisotopic (exact) mass is 235 g/mol. The van der Waals surface area contributed by atoms with Crippen LogP contribution in [0.15, 0.2) is 35.1 Å². The average Bonchev–Trinajstić information content (AvgIpc) is 2.72. The third-order valence-electron chi connectivity index (χ3n) is 2.21. The van der Waals surface area contributed by atoms with Crippen molar-refractivity contribution in [2.24, 2.45) is 0 Å². The summed E-state index contributed by atoms with van der Waals surface area (Å²) in [7, 11) is 0. The van der Waals surface area contributed by atoms with Gasteiger partial charge in [-0.25, -0.2) is 13.5 Å². The van der Waals surface area contributed by atoms with E-state index in [0.717, 1.165) is 10.7 Å². The van der Waals surface area contributed by atoms with Crippen molar-refractivity contribution < 1.29 is 8.78 Å². The molecule has 4 nitrogen and oxygen atoms in total. The number of nitrogens with one attached hydrogen (secondary N) is 1. The van der Waals surface area contributed by atoms with Gasteiger partial charge in [0.25, 0.3) is 12.0 Å². The molecule has 0 fully saturated rings. The molecule has 1 heterocycles. The highest BCUT2D eigenvalue weighted by molar-refractivity contribution is 5.40. The molecule has 0 amide bonds. The van der Waals surface area contributed by atoms with Gasteiger partial charge < -0.3 is 0 Å². The van der Waals surface area contributed by atoms with Gasteiger partial charge in [0, 0.05) is 6.07 Å². The van der Waals surface area contributed by atoms with Crippen LogP contribution >= 0.6 is 0 Å². The summed E-state index contributed by atoms with van der Waals surface area (Å²) in [6.45, 7) is 0. The molecule has 2 rings (SSSR count). The van der Waals surface area contributed by atoms with E-state index in [1.165, 1.54) is 6.07 Å². The highest BCUT2D eigenvalue weighted by Crippen LogP contribution is 2.15. The first-order chi connectivity index (χ1) is 8.11. The Kier molecular flexibility index (Phi) is 2.75. The smallest absolute Gasteiger partial charge is 0.279 e. The fourth-order valence-corrected chi connectivity index (χ4v) is 1.43. The van der Waals surface area contributed by atoms with E-state index in [9.17, 15) is 13.6 Å². The number of benzene rings is 1. The molecule has 1 N–H and O–H groups in total. The van der Waals surface area contributed by atoms with Gasteiger partial charge in [0.05, 0.1) is 17.3 Å². The van der Waals surface area contributed by atoms with Crippen molar-refractivity contribution in [3.63, 3.8) is 0 Å². The summed E-state index contributed by atoms with van der Waals surface area (Å²) in [6.07, 6.45) is -2.73. The van der Waals surface area contributed by atoms with Crippen LogP contribution in [0.2, 0.25) is 0 Å². The van der Waals surface area contributed by atoms with Crippen LogP contribution in [0, 0.1) is 11.3 Å². The Morgan fingerprint density at radius 2 is 2.12 bits per heavy atom. The number of hydrogen-bond acceptors (Lipinski definition) is 2. The maximum Gasteiger partial charge on any atom is 0.279 e. The van der Waals surface area contributed by atoms with Crippen LogP contribution < -0.4 is 5.56 Å². The van der Waals surface area contributed by atoms with Crippen molar-refractivity contribution in [3.05, 3.63) is 51.9 Å². The minimum atomic E-state index is -2.73. The Bertz CT molecular complexity index is 637. The van der Waals surface area contributed by atoms with Gasteiger partial charge in [-0.2, -0.15) is 5.26 Å². The molecule has 0 saturated heterocycles. The number of aromatic nitrogens is 2. The second-order valence-electron chi connectivity index (χ2n) is 3.35. The lowest BCUT2D eigenvalue weighted by molar-refractivity contribution is 0.145. The summed E-state index contributed by atoms with van der Waals surface area (Å²) >= 11 is 0. The standard InChI is InChI=1S/C11H7F2N3O/c12-11(13)9-5-10(17)16(15-9)8-3-1-2-7(4-8)6-14/h1-5,11,15H. The van der Waals surface area contributed by atoms with Gasteiger partial charge in [-0.1, -0.05) is 6.07 Å². The van der Waals surface area contributed by atoms with Crippen LogP contribution in [0.1, 0.15) is 17.7 Å². The fraction of sp³-hybridized carbons (Fsp3) is 0.0909. The molecular formula is C11H7F2N3O. The molecule has 0 saturated carbocycles. The molecule has 0 aliphatic rings. The number of H-pyrrole nitrogens is 1. The molecule has 0 aliphatic heterocycles. The molecule has 0 unspecified atom stereocenters. The van der Waals surface area contributed by atoms with Gasteiger partial charge in [-0.15, -0.1) is 0 Å². The van der Waals surface area contributed by atoms with Crippen LogP contribution in [-0.2, 0) is 0 Å². The summed E-state index contributed by atoms with van der Waals surface area (Å²) in [4.78, 5) is 11.5. The van der Waals surface area contributed by atoms with Gasteiger partial charge >= 0.3 is 0 Å². The molecule has 0 radical (unpaired) electrons. The van der Waals surface area contributed by atoms with Crippen molar-refractivity contribution in [1.29, 1.82) is 5.26 Å². The molecule has 0 spiro atoms. The number of alkyl halides is 2. The van der Waals surface area contributed by atoms with Crippen molar-refractivity contribution in [2.75, 3.05) is 0 Å². The Labute approximate surface area is 94.7 Å². The fourth-order valence-electron chi connectivity index (χ4n) is 1.43. The van der Waals surface area contributed by atoms with Gasteiger partial charge in [0.15, 0.2) is 0 Å². The molecular weight excluding hydrogens is 228 g/mol. The van der Waals surface area contributed by atoms with Crippen LogP contribution in [0.4, 0.5) is 8.78 Å². The number of halogens is 2. The minimum Gasteiger partial charge on any atom is -0.289 e. The zero-order valence-corrected chi connectivity index (χ0v) is 8.52. The van der Waals surface area contributed by atoms with E-state index in [0.29, 0.717) is 11.3 Å². The molecule has 86 valence electrons. The van der Waals surface area contributed by atoms with Crippen molar-refractivity contribution in [3.8, 4) is 11.8 Å². The Morgan fingerprint density at radius 3 is 2.71 bits per heavy atom. The van der Waals surface area contributed by atoms with E-state index in [-0.39, 0.29) is 0 Å². The van der Waals surface area contributed by atoms with Gasteiger partial charge in [-0.3, -0.25) is 9.89 Å². The third-order valence-corrected chi connectivity index (χ3v) is 2.21. The van der Waals surface area contributed by atoms with Crippen LogP contribution in [-0.4, -0.2) is 9.78 Å². The maximum atomic E-state index is 12.4. The lowest BCUT2D eigenvalue weighted by Gasteiger charge is -2.01. The highest BCUT2D eigenvalue weighted by Gasteiger charge is 2.13. The number of aromatic amines is 1. The number of rotatable bonds is 2. The first-order valence-corrected chi connectivity index (χ1v) is 4.72. The van der Waals surface area contributed by atoms with Crippen LogP contribution in [0.3, 0.4) is 0 Å². The molecule has 0 aliphatic carbocycles. The summed E-state index contributed by atoms with van der Waals surface area (Å²) in [5, 5.41) is 11.0. The number of nitrogens with zero attached hydrogens (tertiary/aromatic N) is 2. The topological polar surface area (TPSA) is 61.6 Å². The molecule has 0 bridgehead atoms. The molecule has 1 aromatic carbocycles. The Hall–Kier alpha value is -2.42. The molecule has 0 atom stereocenters. The molecule has 17 heavy (non-hydrogen) atoms. The normalized spacial score (nSPS) is 10.5. The predicted octanol–water partition coefficient (Wildman–Crippen LogP) is 1.97. The summed E-state index contributed by atoms with van der Waals surface area (Å²) in [5.41, 5.74) is -0.337. The van der Waals surface area contributed by atoms with Crippen molar-refractivity contribution in [2.45, 2.75) is 6.43 Å². The summed E-state index contributed by atoms with van der Waals surface area (Å²) < 4.78 is 25.7. The van der Waals surface area contributed by atoms with Crippen molar-refractivity contribution in [1.82, 2.24) is 9.78 Å². The SMILES string of the molecule is N#Cc1cccc(-n2[nH]c(C(F)F)cc2=O)c1. The minimum absolute atomic E-state index is 0.348. The first-order valence-electron chi connectivity index (χ1n) is 4.72. The Balaban J connectivity index is 2.53. The van der Waals surface area contributed by atoms with E-state index in [1.807, 2.05) is 6.07 Å². The summed E-state index contributed by atoms with van der Waals surface area (Å²) in [6, 6.07) is 8.87. The molecule has 2 aromatic rings. The van der Waals surface area contributed by atoms with Crippen molar-refractivity contribution >= 4 is 0 Å². The van der Waals surface area contributed by atoms with Gasteiger partial charge in [0.2, 0.25) is 0 Å². The van der Waals surface area contributed by atoms with E-state index >= 15 is 0 Å². The van der Waals surface area contributed by atoms with Gasteiger partial charge in [0.1, 0.15) is 5.69 Å². The maximum absolute atomic E-state index is 12.4. The quantitative estimate of drug-likeness (QED) is 0.865. The largest absolute Gasteiger partial charge is 0.289 e. The average molecular weight is 235 g/mol. The molecule has 6 heteroatoms.